The molecule has 2 aromatic carbocycles. The molecule has 0 amide bonds. The van der Waals surface area contributed by atoms with E-state index in [4.69, 9.17) is 35.4 Å². The van der Waals surface area contributed by atoms with Gasteiger partial charge in [-0.25, -0.2) is 0 Å². The summed E-state index contributed by atoms with van der Waals surface area (Å²) in [6, 6.07) is 15.7. The summed E-state index contributed by atoms with van der Waals surface area (Å²) in [5, 5.41) is 8.80. The van der Waals surface area contributed by atoms with Gasteiger partial charge in [0.25, 0.3) is 0 Å². The Balaban J connectivity index is 2.04. The molecule has 2 nitrogen and oxygen atoms in total. The lowest BCUT2D eigenvalue weighted by Gasteiger charge is -2.31. The number of nitrogens with one attached hydrogen (secondary N) is 2. The van der Waals surface area contributed by atoms with Crippen molar-refractivity contribution in [1.82, 2.24) is 10.6 Å². The van der Waals surface area contributed by atoms with E-state index in [-0.39, 0.29) is 11.6 Å². The first-order valence-electron chi connectivity index (χ1n) is 6.59. The van der Waals surface area contributed by atoms with Crippen LogP contribution in [0.25, 0.3) is 0 Å². The lowest BCUT2D eigenvalue weighted by Crippen LogP contribution is -2.39. The molecule has 1 fully saturated rings. The summed E-state index contributed by atoms with van der Waals surface area (Å²) < 4.78 is 0. The Morgan fingerprint density at radius 1 is 0.952 bits per heavy atom. The van der Waals surface area contributed by atoms with Crippen LogP contribution in [0.3, 0.4) is 0 Å². The molecule has 2 aromatic rings. The molecule has 0 bridgehead atoms. The van der Waals surface area contributed by atoms with Crippen molar-refractivity contribution in [2.75, 3.05) is 0 Å². The Kier molecular flexibility index (Phi) is 3.82. The molecule has 5 heteroatoms. The van der Waals surface area contributed by atoms with Gasteiger partial charge in [-0.3, -0.25) is 0 Å². The van der Waals surface area contributed by atoms with E-state index in [9.17, 15) is 0 Å². The summed E-state index contributed by atoms with van der Waals surface area (Å²) in [5.74, 6) is 0. The third kappa shape index (κ3) is 2.73. The molecule has 1 aliphatic rings. The van der Waals surface area contributed by atoms with Gasteiger partial charge < -0.3 is 10.6 Å². The second-order valence-corrected chi connectivity index (χ2v) is 6.57. The van der Waals surface area contributed by atoms with Gasteiger partial charge >= 0.3 is 0 Å². The summed E-state index contributed by atoms with van der Waals surface area (Å²) >= 11 is 17.3. The third-order valence-electron chi connectivity index (χ3n) is 3.87. The summed E-state index contributed by atoms with van der Waals surface area (Å²) in [7, 11) is 0. The Hall–Kier alpha value is -1.29. The van der Waals surface area contributed by atoms with Crippen molar-refractivity contribution >= 4 is 40.5 Å². The quantitative estimate of drug-likeness (QED) is 0.793. The maximum Gasteiger partial charge on any atom is 0.167 e. The SMILES string of the molecule is C[C@]1(c2ccc(Cl)cc2)NC(=S)N[C@H]1c1ccc(Cl)cc1. The summed E-state index contributed by atoms with van der Waals surface area (Å²) in [4.78, 5) is 0. The van der Waals surface area contributed by atoms with E-state index in [2.05, 4.69) is 17.6 Å². The molecule has 1 saturated heterocycles. The van der Waals surface area contributed by atoms with Crippen LogP contribution < -0.4 is 10.6 Å². The number of rotatable bonds is 2. The van der Waals surface area contributed by atoms with Crippen molar-refractivity contribution < 1.29 is 0 Å². The fraction of sp³-hybridized carbons (Fsp3) is 0.188. The van der Waals surface area contributed by atoms with Crippen molar-refractivity contribution in [2.24, 2.45) is 0 Å². The van der Waals surface area contributed by atoms with E-state index in [0.717, 1.165) is 21.2 Å². The predicted molar refractivity (Wildman–Crippen MR) is 91.9 cm³/mol. The van der Waals surface area contributed by atoms with Gasteiger partial charge in [0.05, 0.1) is 11.6 Å². The predicted octanol–water partition coefficient (Wildman–Crippen LogP) is 4.43. The van der Waals surface area contributed by atoms with Crippen LogP contribution in [0.15, 0.2) is 48.5 Å². The van der Waals surface area contributed by atoms with Gasteiger partial charge in [0, 0.05) is 10.0 Å². The van der Waals surface area contributed by atoms with Gasteiger partial charge in [0.15, 0.2) is 5.11 Å². The Bertz CT molecular complexity index is 670. The Morgan fingerprint density at radius 3 is 2.05 bits per heavy atom. The highest BCUT2D eigenvalue weighted by atomic mass is 35.5. The lowest BCUT2D eigenvalue weighted by molar-refractivity contribution is 0.379. The second kappa shape index (κ2) is 5.48. The molecule has 108 valence electrons. The van der Waals surface area contributed by atoms with Crippen LogP contribution in [0.1, 0.15) is 24.1 Å². The molecule has 0 aliphatic carbocycles. The standard InChI is InChI=1S/C16H14Cl2N2S/c1-16(11-4-8-13(18)9-5-11)14(19-15(21)20-16)10-2-6-12(17)7-3-10/h2-9,14H,1H3,(H2,19,20,21)/t14-,16+/m0/s1. The van der Waals surface area contributed by atoms with Gasteiger partial charge in [0.1, 0.15) is 0 Å². The minimum absolute atomic E-state index is 0.0310. The summed E-state index contributed by atoms with van der Waals surface area (Å²) in [6.07, 6.45) is 0. The molecule has 1 heterocycles. The molecule has 0 saturated carbocycles. The zero-order valence-corrected chi connectivity index (χ0v) is 13.7. The van der Waals surface area contributed by atoms with Crippen LogP contribution in [0, 0.1) is 0 Å². The number of halogens is 2. The molecular weight excluding hydrogens is 323 g/mol. The normalized spacial score (nSPS) is 24.5. The van der Waals surface area contributed by atoms with Crippen molar-refractivity contribution in [3.05, 3.63) is 69.7 Å². The zero-order valence-electron chi connectivity index (χ0n) is 11.4. The van der Waals surface area contributed by atoms with Crippen LogP contribution >= 0.6 is 35.4 Å². The maximum atomic E-state index is 5.99. The van der Waals surface area contributed by atoms with Gasteiger partial charge in [-0.1, -0.05) is 47.5 Å². The first kappa shape index (κ1) is 14.6. The molecule has 1 aliphatic heterocycles. The third-order valence-corrected chi connectivity index (χ3v) is 4.60. The maximum absolute atomic E-state index is 5.99. The van der Waals surface area contributed by atoms with E-state index in [1.807, 2.05) is 48.5 Å². The molecule has 2 N–H and O–H groups in total. The smallest absolute Gasteiger partial charge is 0.167 e. The molecule has 0 radical (unpaired) electrons. The average Bonchev–Trinajstić information content (AvgIpc) is 2.76. The van der Waals surface area contributed by atoms with Gasteiger partial charge in [-0.2, -0.15) is 0 Å². The topological polar surface area (TPSA) is 24.1 Å². The molecule has 0 aromatic heterocycles. The number of benzene rings is 2. The van der Waals surface area contributed by atoms with Crippen LogP contribution in [0.2, 0.25) is 10.0 Å². The zero-order chi connectivity index (χ0) is 15.0. The minimum atomic E-state index is -0.338. The van der Waals surface area contributed by atoms with Gasteiger partial charge in [-0.05, 0) is 54.5 Å². The molecule has 2 atom stereocenters. The fourth-order valence-corrected chi connectivity index (χ4v) is 3.31. The molecule has 21 heavy (non-hydrogen) atoms. The van der Waals surface area contributed by atoms with Crippen LogP contribution in [0.4, 0.5) is 0 Å². The van der Waals surface area contributed by atoms with E-state index in [0.29, 0.717) is 5.11 Å². The van der Waals surface area contributed by atoms with E-state index < -0.39 is 0 Å². The summed E-state index contributed by atoms with van der Waals surface area (Å²) in [5.41, 5.74) is 1.92. The minimum Gasteiger partial charge on any atom is -0.353 e. The number of thiocarbonyl (C=S) groups is 1. The largest absolute Gasteiger partial charge is 0.353 e. The van der Waals surface area contributed by atoms with Gasteiger partial charge in [-0.15, -0.1) is 0 Å². The van der Waals surface area contributed by atoms with Gasteiger partial charge in [0.2, 0.25) is 0 Å². The highest BCUT2D eigenvalue weighted by Gasteiger charge is 2.43. The average molecular weight is 337 g/mol. The van der Waals surface area contributed by atoms with Crippen LogP contribution in [-0.4, -0.2) is 5.11 Å². The number of hydrogen-bond acceptors (Lipinski definition) is 1. The second-order valence-electron chi connectivity index (χ2n) is 5.29. The highest BCUT2D eigenvalue weighted by Crippen LogP contribution is 2.38. The Morgan fingerprint density at radius 2 is 1.48 bits per heavy atom. The first-order valence-corrected chi connectivity index (χ1v) is 7.76. The first-order chi connectivity index (χ1) is 9.99. The Labute approximate surface area is 139 Å². The van der Waals surface area contributed by atoms with Crippen molar-refractivity contribution in [1.29, 1.82) is 0 Å². The summed E-state index contributed by atoms with van der Waals surface area (Å²) in [6.45, 7) is 2.13. The van der Waals surface area contributed by atoms with E-state index >= 15 is 0 Å². The van der Waals surface area contributed by atoms with E-state index in [1.54, 1.807) is 0 Å². The van der Waals surface area contributed by atoms with Crippen molar-refractivity contribution in [2.45, 2.75) is 18.5 Å². The molecule has 3 rings (SSSR count). The molecule has 0 unspecified atom stereocenters. The van der Waals surface area contributed by atoms with Crippen molar-refractivity contribution in [3.8, 4) is 0 Å². The number of hydrogen-bond donors (Lipinski definition) is 2. The van der Waals surface area contributed by atoms with Crippen molar-refractivity contribution in [3.63, 3.8) is 0 Å². The lowest BCUT2D eigenvalue weighted by atomic mass is 9.82. The van der Waals surface area contributed by atoms with Crippen LogP contribution in [0.5, 0.6) is 0 Å². The van der Waals surface area contributed by atoms with E-state index in [1.165, 1.54) is 0 Å². The fourth-order valence-electron chi connectivity index (χ4n) is 2.73. The highest BCUT2D eigenvalue weighted by molar-refractivity contribution is 7.80. The molecular formula is C16H14Cl2N2S. The monoisotopic (exact) mass is 336 g/mol. The molecule has 0 spiro atoms. The van der Waals surface area contributed by atoms with Crippen LogP contribution in [-0.2, 0) is 5.54 Å².